The molecule has 0 bridgehead atoms. The topological polar surface area (TPSA) is 81.6 Å². The van der Waals surface area contributed by atoms with Gasteiger partial charge in [-0.25, -0.2) is 20.8 Å². The van der Waals surface area contributed by atoms with Crippen LogP contribution < -0.4 is 11.3 Å². The van der Waals surface area contributed by atoms with Crippen molar-refractivity contribution in [3.63, 3.8) is 0 Å². The van der Waals surface area contributed by atoms with Crippen LogP contribution in [-0.4, -0.2) is 19.5 Å². The van der Waals surface area contributed by atoms with Crippen molar-refractivity contribution in [1.29, 1.82) is 0 Å². The van der Waals surface area contributed by atoms with E-state index < -0.39 is 0 Å². The Bertz CT molecular complexity index is 491. The van der Waals surface area contributed by atoms with Crippen LogP contribution in [0.4, 0.5) is 5.82 Å². The highest BCUT2D eigenvalue weighted by Crippen LogP contribution is 2.18. The van der Waals surface area contributed by atoms with Crippen LogP contribution in [-0.2, 0) is 6.42 Å². The number of aryl methyl sites for hydroxylation is 1. The summed E-state index contributed by atoms with van der Waals surface area (Å²) in [4.78, 5) is 12.9. The standard InChI is InChI=1S/C11H16N6/c1-3-4-9-14-10(16-12)8(2)11(15-9)17-6-5-13-7-17/h5-7H,3-4,12H2,1-2H3,(H,14,15,16). The van der Waals surface area contributed by atoms with Gasteiger partial charge in [0.1, 0.15) is 23.8 Å². The molecule has 2 rings (SSSR count). The van der Waals surface area contributed by atoms with Crippen molar-refractivity contribution in [2.75, 3.05) is 5.43 Å². The number of imidazole rings is 1. The van der Waals surface area contributed by atoms with Gasteiger partial charge < -0.3 is 5.43 Å². The van der Waals surface area contributed by atoms with Crippen molar-refractivity contribution in [3.05, 3.63) is 30.1 Å². The van der Waals surface area contributed by atoms with Gasteiger partial charge >= 0.3 is 0 Å². The van der Waals surface area contributed by atoms with E-state index >= 15 is 0 Å². The maximum absolute atomic E-state index is 5.47. The maximum atomic E-state index is 5.47. The molecule has 0 saturated carbocycles. The summed E-state index contributed by atoms with van der Waals surface area (Å²) in [6.45, 7) is 4.02. The highest BCUT2D eigenvalue weighted by molar-refractivity contribution is 5.50. The molecule has 0 radical (unpaired) electrons. The normalized spacial score (nSPS) is 10.5. The van der Waals surface area contributed by atoms with Crippen molar-refractivity contribution in [3.8, 4) is 5.82 Å². The lowest BCUT2D eigenvalue weighted by molar-refractivity contribution is 0.811. The van der Waals surface area contributed by atoms with Crippen LogP contribution >= 0.6 is 0 Å². The lowest BCUT2D eigenvalue weighted by Crippen LogP contribution is -2.14. The number of rotatable bonds is 4. The van der Waals surface area contributed by atoms with E-state index in [1.807, 2.05) is 17.7 Å². The van der Waals surface area contributed by atoms with Gasteiger partial charge in [0.15, 0.2) is 0 Å². The molecule has 3 N–H and O–H groups in total. The monoisotopic (exact) mass is 232 g/mol. The Balaban J connectivity index is 2.53. The fourth-order valence-electron chi connectivity index (χ4n) is 1.66. The summed E-state index contributed by atoms with van der Waals surface area (Å²) in [6, 6.07) is 0. The Labute approximate surface area is 99.9 Å². The summed E-state index contributed by atoms with van der Waals surface area (Å²) in [5.41, 5.74) is 3.52. The van der Waals surface area contributed by atoms with E-state index in [9.17, 15) is 0 Å². The van der Waals surface area contributed by atoms with E-state index in [1.54, 1.807) is 12.5 Å². The third kappa shape index (κ3) is 2.26. The third-order valence-electron chi connectivity index (χ3n) is 2.53. The lowest BCUT2D eigenvalue weighted by atomic mass is 10.2. The van der Waals surface area contributed by atoms with Gasteiger partial charge in [-0.1, -0.05) is 6.92 Å². The Morgan fingerprint density at radius 3 is 2.82 bits per heavy atom. The van der Waals surface area contributed by atoms with Crippen LogP contribution in [0.1, 0.15) is 24.7 Å². The molecule has 17 heavy (non-hydrogen) atoms. The van der Waals surface area contributed by atoms with Crippen molar-refractivity contribution in [2.24, 2.45) is 5.84 Å². The Hall–Kier alpha value is -1.95. The molecule has 0 aliphatic heterocycles. The van der Waals surface area contributed by atoms with Crippen LogP contribution in [0, 0.1) is 6.92 Å². The van der Waals surface area contributed by atoms with Crippen LogP contribution in [0.15, 0.2) is 18.7 Å². The smallest absolute Gasteiger partial charge is 0.148 e. The molecule has 0 aliphatic rings. The maximum Gasteiger partial charge on any atom is 0.148 e. The van der Waals surface area contributed by atoms with Crippen LogP contribution in [0.5, 0.6) is 0 Å². The number of hydrogen-bond acceptors (Lipinski definition) is 5. The van der Waals surface area contributed by atoms with Gasteiger partial charge in [-0.2, -0.15) is 0 Å². The van der Waals surface area contributed by atoms with E-state index in [4.69, 9.17) is 5.84 Å². The van der Waals surface area contributed by atoms with Gasteiger partial charge in [-0.05, 0) is 13.3 Å². The number of hydrazine groups is 1. The molecular formula is C11H16N6. The number of nitrogens with one attached hydrogen (secondary N) is 1. The minimum Gasteiger partial charge on any atom is -0.308 e. The van der Waals surface area contributed by atoms with Crippen molar-refractivity contribution in [2.45, 2.75) is 26.7 Å². The molecule has 0 atom stereocenters. The van der Waals surface area contributed by atoms with Crippen LogP contribution in [0.25, 0.3) is 5.82 Å². The zero-order valence-corrected chi connectivity index (χ0v) is 10.0. The molecule has 90 valence electrons. The molecule has 2 aromatic heterocycles. The van der Waals surface area contributed by atoms with Gasteiger partial charge in [0.2, 0.25) is 0 Å². The molecule has 0 aliphatic carbocycles. The zero-order chi connectivity index (χ0) is 12.3. The Morgan fingerprint density at radius 1 is 1.41 bits per heavy atom. The molecule has 0 fully saturated rings. The largest absolute Gasteiger partial charge is 0.308 e. The molecule has 0 saturated heterocycles. The Morgan fingerprint density at radius 2 is 2.24 bits per heavy atom. The Kier molecular flexibility index (Phi) is 3.34. The molecule has 2 heterocycles. The highest BCUT2D eigenvalue weighted by atomic mass is 15.3. The minimum atomic E-state index is 0.659. The molecule has 0 aromatic carbocycles. The number of nitrogen functional groups attached to an aromatic ring is 1. The van der Waals surface area contributed by atoms with Gasteiger partial charge in [0.25, 0.3) is 0 Å². The summed E-state index contributed by atoms with van der Waals surface area (Å²) < 4.78 is 1.86. The first-order valence-corrected chi connectivity index (χ1v) is 5.58. The summed E-state index contributed by atoms with van der Waals surface area (Å²) in [5, 5.41) is 0. The fraction of sp³-hybridized carbons (Fsp3) is 0.364. The number of nitrogens with two attached hydrogens (primary N) is 1. The SMILES string of the molecule is CCCc1nc(NN)c(C)c(-n2ccnc2)n1. The van der Waals surface area contributed by atoms with Gasteiger partial charge in [-0.3, -0.25) is 4.57 Å². The van der Waals surface area contributed by atoms with E-state index in [0.29, 0.717) is 5.82 Å². The van der Waals surface area contributed by atoms with Crippen LogP contribution in [0.3, 0.4) is 0 Å². The summed E-state index contributed by atoms with van der Waals surface area (Å²) in [7, 11) is 0. The molecule has 0 amide bonds. The van der Waals surface area contributed by atoms with Gasteiger partial charge in [-0.15, -0.1) is 0 Å². The molecule has 6 nitrogen and oxygen atoms in total. The average molecular weight is 232 g/mol. The second-order valence-electron chi connectivity index (χ2n) is 3.80. The molecule has 0 unspecified atom stereocenters. The van der Waals surface area contributed by atoms with E-state index in [1.165, 1.54) is 0 Å². The molecule has 2 aromatic rings. The molecule has 0 spiro atoms. The number of anilines is 1. The molecule has 6 heteroatoms. The van der Waals surface area contributed by atoms with Crippen molar-refractivity contribution < 1.29 is 0 Å². The minimum absolute atomic E-state index is 0.659. The first-order chi connectivity index (χ1) is 8.26. The van der Waals surface area contributed by atoms with E-state index in [0.717, 1.165) is 30.0 Å². The second-order valence-corrected chi connectivity index (χ2v) is 3.80. The number of hydrogen-bond donors (Lipinski definition) is 2. The fourth-order valence-corrected chi connectivity index (χ4v) is 1.66. The highest BCUT2D eigenvalue weighted by Gasteiger charge is 2.10. The van der Waals surface area contributed by atoms with Crippen molar-refractivity contribution >= 4 is 5.82 Å². The summed E-state index contributed by atoms with van der Waals surface area (Å²) in [6.07, 6.45) is 7.11. The average Bonchev–Trinajstić information content (AvgIpc) is 2.85. The van der Waals surface area contributed by atoms with Gasteiger partial charge in [0, 0.05) is 24.4 Å². The van der Waals surface area contributed by atoms with Gasteiger partial charge in [0.05, 0.1) is 0 Å². The molecular weight excluding hydrogens is 216 g/mol. The third-order valence-corrected chi connectivity index (χ3v) is 2.53. The number of nitrogens with zero attached hydrogens (tertiary/aromatic N) is 4. The van der Waals surface area contributed by atoms with E-state index in [-0.39, 0.29) is 0 Å². The first-order valence-electron chi connectivity index (χ1n) is 5.58. The van der Waals surface area contributed by atoms with Crippen LogP contribution in [0.2, 0.25) is 0 Å². The predicted molar refractivity (Wildman–Crippen MR) is 65.7 cm³/mol. The summed E-state index contributed by atoms with van der Waals surface area (Å²) >= 11 is 0. The quantitative estimate of drug-likeness (QED) is 0.611. The number of aromatic nitrogens is 4. The summed E-state index contributed by atoms with van der Waals surface area (Å²) in [5.74, 6) is 7.73. The van der Waals surface area contributed by atoms with Crippen molar-refractivity contribution in [1.82, 2.24) is 19.5 Å². The predicted octanol–water partition coefficient (Wildman–Crippen LogP) is 1.21. The first kappa shape index (κ1) is 11.5. The van der Waals surface area contributed by atoms with E-state index in [2.05, 4.69) is 27.3 Å². The zero-order valence-electron chi connectivity index (χ0n) is 10.0. The lowest BCUT2D eigenvalue weighted by Gasteiger charge is -2.11. The second kappa shape index (κ2) is 4.92.